The minimum Gasteiger partial charge on any atom is -0.497 e. The van der Waals surface area contributed by atoms with E-state index in [0.29, 0.717) is 11.5 Å². The van der Waals surface area contributed by atoms with Crippen molar-refractivity contribution in [3.05, 3.63) is 129 Å². The number of hydrogen-bond donors (Lipinski definition) is 4. The van der Waals surface area contributed by atoms with Gasteiger partial charge in [0.05, 0.1) is 46.2 Å². The molecule has 2 fully saturated rings. The summed E-state index contributed by atoms with van der Waals surface area (Å²) >= 11 is 0. The molecule has 2 amide bonds. The second-order valence-electron chi connectivity index (χ2n) is 19.2. The van der Waals surface area contributed by atoms with Crippen molar-refractivity contribution in [3.63, 3.8) is 0 Å². The summed E-state index contributed by atoms with van der Waals surface area (Å²) in [6.45, 7) is 8.72. The fraction of sp³-hybridized carbons (Fsp3) is 0.404. The zero-order chi connectivity index (χ0) is 54.8. The number of carbonyl (C=O) groups is 3. The molecule has 0 aliphatic carbocycles. The first kappa shape index (κ1) is 54.2. The Morgan fingerprint density at radius 3 is 1.61 bits per heavy atom. The van der Waals surface area contributed by atoms with Crippen molar-refractivity contribution in [1.29, 1.82) is 0 Å². The average molecular weight is 1080 g/mol. The van der Waals surface area contributed by atoms with Gasteiger partial charge in [-0.2, -0.15) is 9.97 Å². The van der Waals surface area contributed by atoms with Gasteiger partial charge in [-0.15, -0.1) is 0 Å². The van der Waals surface area contributed by atoms with Crippen LogP contribution in [0.1, 0.15) is 76.6 Å². The number of rotatable bonds is 20. The molecule has 25 heteroatoms. The molecule has 0 unspecified atom stereocenters. The Labute approximate surface area is 440 Å². The zero-order valence-electron chi connectivity index (χ0n) is 43.5. The molecular weight excluding hydrogens is 1020 g/mol. The number of methoxy groups -OCH3 is 2. The molecule has 6 heterocycles. The van der Waals surface area contributed by atoms with Crippen LogP contribution in [0.25, 0.3) is 22.3 Å². The number of amides is 2. The predicted octanol–water partition coefficient (Wildman–Crippen LogP) is 6.20. The lowest BCUT2D eigenvalue weighted by molar-refractivity contribution is -0.150. The number of ether oxygens (including phenoxy) is 6. The van der Waals surface area contributed by atoms with Gasteiger partial charge in [0.15, 0.2) is 22.3 Å². The van der Waals surface area contributed by atoms with Crippen LogP contribution < -0.4 is 31.2 Å². The lowest BCUT2D eigenvalue weighted by Gasteiger charge is -2.37. The van der Waals surface area contributed by atoms with Crippen molar-refractivity contribution < 1.29 is 56.4 Å². The van der Waals surface area contributed by atoms with E-state index in [1.807, 2.05) is 78.9 Å². The first-order chi connectivity index (χ1) is 36.9. The van der Waals surface area contributed by atoms with Gasteiger partial charge in [0, 0.05) is 38.3 Å². The van der Waals surface area contributed by atoms with E-state index in [2.05, 4.69) is 40.5 Å². The SMILES string of the molecule is COc1ccc(C(OC[C@H]2O[C@@H](n3cnc4c(=O)[nH]c(NC(=O)C(C)C)nc43)C[C@@H]2O[P@@](C)(=O)OC[C@H]2O[C@@H](n3cnc4c(=O)[nH]c(NC(=O)C(C)C)nc43)C[C@@H]2OC(C)=O)(c2ccccc2)c2ccc(OC)cc2)cc1. The van der Waals surface area contributed by atoms with E-state index in [4.69, 9.17) is 37.5 Å². The smallest absolute Gasteiger partial charge is 0.328 e. The van der Waals surface area contributed by atoms with Crippen molar-refractivity contribution in [2.75, 3.05) is 44.7 Å². The van der Waals surface area contributed by atoms with Gasteiger partial charge in [-0.3, -0.25) is 58.3 Å². The molecule has 0 saturated carbocycles. The van der Waals surface area contributed by atoms with Gasteiger partial charge in [0.25, 0.3) is 11.1 Å². The van der Waals surface area contributed by atoms with Crippen LogP contribution >= 0.6 is 7.60 Å². The summed E-state index contributed by atoms with van der Waals surface area (Å²) in [6.07, 6.45) is -3.05. The number of benzene rings is 3. The summed E-state index contributed by atoms with van der Waals surface area (Å²) < 4.78 is 67.6. The van der Waals surface area contributed by atoms with Gasteiger partial charge in [-0.05, 0) is 41.0 Å². The van der Waals surface area contributed by atoms with Crippen LogP contribution in [-0.2, 0) is 52.5 Å². The number of nitrogens with one attached hydrogen (secondary N) is 4. The fourth-order valence-corrected chi connectivity index (χ4v) is 10.4. The van der Waals surface area contributed by atoms with Gasteiger partial charge < -0.3 is 37.5 Å². The van der Waals surface area contributed by atoms with Gasteiger partial charge in [0.1, 0.15) is 47.9 Å². The number of aromatic nitrogens is 8. The third-order valence-corrected chi connectivity index (χ3v) is 14.4. The largest absolute Gasteiger partial charge is 0.497 e. The number of fused-ring (bicyclic) bond motifs is 2. The highest BCUT2D eigenvalue weighted by atomic mass is 31.2. The molecule has 77 heavy (non-hydrogen) atoms. The van der Waals surface area contributed by atoms with Crippen LogP contribution in [0.15, 0.2) is 101 Å². The third kappa shape index (κ3) is 11.6. The molecule has 24 nitrogen and oxygen atoms in total. The monoisotopic (exact) mass is 1080 g/mol. The van der Waals surface area contributed by atoms with Crippen LogP contribution in [0.3, 0.4) is 0 Å². The molecule has 4 aromatic heterocycles. The highest BCUT2D eigenvalue weighted by molar-refractivity contribution is 7.53. The molecular formula is C52H59N10O14P. The molecule has 2 aliphatic rings. The Balaban J connectivity index is 1.03. The summed E-state index contributed by atoms with van der Waals surface area (Å²) in [5.74, 6) is -1.14. The van der Waals surface area contributed by atoms with E-state index in [9.17, 15) is 28.5 Å². The number of anilines is 2. The molecule has 7 aromatic rings. The van der Waals surface area contributed by atoms with Gasteiger partial charge in [-0.1, -0.05) is 82.3 Å². The lowest BCUT2D eigenvalue weighted by atomic mass is 9.80. The Hall–Kier alpha value is -7.60. The number of esters is 1. The summed E-state index contributed by atoms with van der Waals surface area (Å²) in [7, 11) is -0.982. The Bertz CT molecular complexity index is 3390. The number of hydrogen-bond acceptors (Lipinski definition) is 18. The number of H-pyrrole nitrogens is 2. The standard InChI is InChI=1S/C52H59N10O14P/c1-28(2)46(64)57-50-55-44-42(48(66)59-50)53-26-61(44)40-22-36(73-30(5)63)39(75-40)25-72-77(8,68)76-37-23-41(62-27-54-43-45(62)56-51(60-49(43)67)58-47(65)29(3)4)74-38(37)24-71-52(31-12-10-9-11-13-31,32-14-18-34(69-6)19-15-32)33-16-20-35(70-7)21-17-33/h9-21,26-29,36-41H,22-25H2,1-8H3,(H2,55,57,59,64,66)(H2,56,58,60,65,67)/t36-,37-,38+,39+,40+,41+,77-/m0/s1. The molecule has 3 aromatic carbocycles. The fourth-order valence-electron chi connectivity index (χ4n) is 9.17. The zero-order valence-corrected chi connectivity index (χ0v) is 44.3. The summed E-state index contributed by atoms with van der Waals surface area (Å²) in [6, 6.07) is 24.5. The maximum atomic E-state index is 14.8. The van der Waals surface area contributed by atoms with Crippen LogP contribution in [0.2, 0.25) is 0 Å². The Kier molecular flexibility index (Phi) is 15.9. The Morgan fingerprint density at radius 2 is 1.16 bits per heavy atom. The normalized spacial score (nSPS) is 20.4. The van der Waals surface area contributed by atoms with Crippen molar-refractivity contribution >= 4 is 59.6 Å². The molecule has 4 N–H and O–H groups in total. The van der Waals surface area contributed by atoms with Crippen LogP contribution in [0.4, 0.5) is 11.9 Å². The van der Waals surface area contributed by atoms with Crippen LogP contribution in [0.5, 0.6) is 11.5 Å². The molecule has 0 bridgehead atoms. The molecule has 2 aliphatic heterocycles. The highest BCUT2D eigenvalue weighted by Crippen LogP contribution is 2.51. The minimum absolute atomic E-state index is 0.00374. The van der Waals surface area contributed by atoms with Gasteiger partial charge >= 0.3 is 13.6 Å². The number of nitrogens with zero attached hydrogens (tertiary/aromatic N) is 6. The van der Waals surface area contributed by atoms with Crippen molar-refractivity contribution in [2.24, 2.45) is 11.8 Å². The topological polar surface area (TPSA) is 293 Å². The minimum atomic E-state index is -4.14. The second kappa shape index (κ2) is 22.5. The van der Waals surface area contributed by atoms with Crippen LogP contribution in [0, 0.1) is 11.8 Å². The van der Waals surface area contributed by atoms with E-state index in [1.165, 1.54) is 35.4 Å². The molecule has 2 saturated heterocycles. The average Bonchev–Trinajstić information content (AvgIpc) is 4.22. The quantitative estimate of drug-likeness (QED) is 0.0375. The van der Waals surface area contributed by atoms with E-state index >= 15 is 0 Å². The van der Waals surface area contributed by atoms with E-state index in [0.717, 1.165) is 16.7 Å². The van der Waals surface area contributed by atoms with Crippen LogP contribution in [-0.4, -0.2) is 115 Å². The molecule has 0 spiro atoms. The summed E-state index contributed by atoms with van der Waals surface area (Å²) in [4.78, 5) is 86.7. The van der Waals surface area contributed by atoms with E-state index in [-0.39, 0.29) is 65.5 Å². The first-order valence-corrected chi connectivity index (χ1v) is 26.8. The predicted molar refractivity (Wildman–Crippen MR) is 278 cm³/mol. The van der Waals surface area contributed by atoms with Gasteiger partial charge in [0.2, 0.25) is 23.7 Å². The second-order valence-corrected chi connectivity index (χ2v) is 21.2. The van der Waals surface area contributed by atoms with E-state index in [1.54, 1.807) is 41.9 Å². The van der Waals surface area contributed by atoms with Crippen molar-refractivity contribution in [2.45, 2.75) is 89.9 Å². The maximum absolute atomic E-state index is 14.8. The molecule has 0 radical (unpaired) electrons. The van der Waals surface area contributed by atoms with E-state index < -0.39 is 85.6 Å². The molecule has 406 valence electrons. The maximum Gasteiger partial charge on any atom is 0.328 e. The van der Waals surface area contributed by atoms with Gasteiger partial charge in [-0.25, -0.2) is 9.97 Å². The summed E-state index contributed by atoms with van der Waals surface area (Å²) in [5, 5.41) is 5.23. The number of aromatic amines is 2. The first-order valence-electron chi connectivity index (χ1n) is 24.8. The van der Waals surface area contributed by atoms with Crippen molar-refractivity contribution in [3.8, 4) is 11.5 Å². The Morgan fingerprint density at radius 1 is 0.701 bits per heavy atom. The summed E-state index contributed by atoms with van der Waals surface area (Å²) in [5.41, 5.74) is -0.176. The number of carbonyl (C=O) groups excluding carboxylic acids is 3. The highest BCUT2D eigenvalue weighted by Gasteiger charge is 2.46. The number of imidazole rings is 2. The molecule has 7 atom stereocenters. The third-order valence-electron chi connectivity index (χ3n) is 13.1. The lowest BCUT2D eigenvalue weighted by Crippen LogP contribution is -2.38. The molecule has 9 rings (SSSR count). The van der Waals surface area contributed by atoms with Crippen molar-refractivity contribution in [1.82, 2.24) is 39.0 Å².